The van der Waals surface area contributed by atoms with Crippen molar-refractivity contribution in [1.82, 2.24) is 20.3 Å². The number of rotatable bonds is 2. The number of hydrogen-bond acceptors (Lipinski definition) is 3. The average molecular weight is 171 g/mol. The molecule has 0 spiro atoms. The molecule has 0 saturated heterocycles. The van der Waals surface area contributed by atoms with Crippen LogP contribution in [0.4, 0.5) is 11.6 Å². The molecular weight excluding hydrogens is 164 g/mol. The van der Waals surface area contributed by atoms with Gasteiger partial charge < -0.3 is 0 Å². The first-order chi connectivity index (χ1) is 6.45. The van der Waals surface area contributed by atoms with Crippen molar-refractivity contribution in [2.45, 2.75) is 0 Å². The summed E-state index contributed by atoms with van der Waals surface area (Å²) in [5.41, 5.74) is 0.841. The lowest BCUT2D eigenvalue weighted by Gasteiger charge is -1.97. The van der Waals surface area contributed by atoms with E-state index < -0.39 is 0 Å². The fraction of sp³-hybridized carbons (Fsp3) is 0. The van der Waals surface area contributed by atoms with Crippen LogP contribution in [-0.4, -0.2) is 15.0 Å². The summed E-state index contributed by atoms with van der Waals surface area (Å²) in [6.45, 7) is 0. The Kier molecular flexibility index (Phi) is 2.14. The second-order valence-corrected chi connectivity index (χ2v) is 2.39. The van der Waals surface area contributed by atoms with Gasteiger partial charge >= 0.3 is 0 Å². The van der Waals surface area contributed by atoms with Gasteiger partial charge in [0, 0.05) is 0 Å². The summed E-state index contributed by atoms with van der Waals surface area (Å²) in [5.74, 6) is 0.432. The zero-order chi connectivity index (χ0) is 8.93. The van der Waals surface area contributed by atoms with E-state index in [2.05, 4.69) is 20.3 Å². The maximum absolute atomic E-state index is 4.18. The van der Waals surface area contributed by atoms with Gasteiger partial charge in [0.2, 0.25) is 0 Å². The van der Waals surface area contributed by atoms with Gasteiger partial charge in [-0.2, -0.15) is 9.97 Å². The van der Waals surface area contributed by atoms with Crippen LogP contribution in [0.2, 0.25) is 0 Å². The van der Waals surface area contributed by atoms with Crippen molar-refractivity contribution in [3.05, 3.63) is 43.0 Å². The Balaban J connectivity index is 2.16. The Labute approximate surface area is 75.7 Å². The first-order valence-electron chi connectivity index (χ1n) is 3.84. The third kappa shape index (κ3) is 1.99. The summed E-state index contributed by atoms with van der Waals surface area (Å²) in [6.07, 6.45) is 2.85. The Morgan fingerprint density at radius 2 is 1.62 bits per heavy atom. The first-order valence-corrected chi connectivity index (χ1v) is 3.84. The lowest BCUT2D eigenvalue weighted by atomic mass is 10.3. The van der Waals surface area contributed by atoms with Crippen molar-refractivity contribution in [1.29, 1.82) is 0 Å². The summed E-state index contributed by atoms with van der Waals surface area (Å²) < 4.78 is 0. The molecule has 2 aromatic rings. The van der Waals surface area contributed by atoms with Crippen molar-refractivity contribution < 1.29 is 0 Å². The minimum absolute atomic E-state index is 0.432. The van der Waals surface area contributed by atoms with Gasteiger partial charge in [-0.05, 0) is 12.1 Å². The minimum atomic E-state index is 0.432. The molecule has 0 bridgehead atoms. The molecular formula is C9H7N4. The molecule has 63 valence electrons. The van der Waals surface area contributed by atoms with Gasteiger partial charge in [0.15, 0.2) is 0 Å². The summed E-state index contributed by atoms with van der Waals surface area (Å²) in [5, 5.41) is 4.18. The fourth-order valence-corrected chi connectivity index (χ4v) is 0.909. The molecule has 1 radical (unpaired) electrons. The molecule has 4 heteroatoms. The largest absolute Gasteiger partial charge is 0.252 e. The van der Waals surface area contributed by atoms with Crippen LogP contribution in [0.3, 0.4) is 0 Å². The van der Waals surface area contributed by atoms with Gasteiger partial charge in [0.05, 0.1) is 5.69 Å². The van der Waals surface area contributed by atoms with Crippen molar-refractivity contribution in [3.8, 4) is 0 Å². The summed E-state index contributed by atoms with van der Waals surface area (Å²) in [4.78, 5) is 11.5. The topological polar surface area (TPSA) is 52.8 Å². The highest BCUT2D eigenvalue weighted by Gasteiger charge is 1.96. The highest BCUT2D eigenvalue weighted by Crippen LogP contribution is 2.09. The molecule has 0 unspecified atom stereocenters. The first kappa shape index (κ1) is 7.67. The summed E-state index contributed by atoms with van der Waals surface area (Å²) in [6, 6.07) is 9.56. The lowest BCUT2D eigenvalue weighted by molar-refractivity contribution is 0.960. The molecule has 0 aliphatic rings. The molecule has 0 aliphatic heterocycles. The molecule has 0 saturated carbocycles. The summed E-state index contributed by atoms with van der Waals surface area (Å²) >= 11 is 0. The number of nitrogens with zero attached hydrogens (tertiary/aromatic N) is 4. The van der Waals surface area contributed by atoms with Crippen molar-refractivity contribution in [2.24, 2.45) is 0 Å². The molecule has 0 atom stereocenters. The van der Waals surface area contributed by atoms with E-state index in [-0.39, 0.29) is 0 Å². The predicted octanol–water partition coefficient (Wildman–Crippen LogP) is 1.44. The van der Waals surface area contributed by atoms with Gasteiger partial charge in [-0.25, -0.2) is 10.3 Å². The van der Waals surface area contributed by atoms with Crippen LogP contribution in [0.5, 0.6) is 0 Å². The van der Waals surface area contributed by atoms with Gasteiger partial charge in [-0.15, -0.1) is 0 Å². The van der Waals surface area contributed by atoms with Gasteiger partial charge in [-0.1, -0.05) is 18.2 Å². The van der Waals surface area contributed by atoms with Gasteiger partial charge in [-0.3, -0.25) is 0 Å². The zero-order valence-corrected chi connectivity index (χ0v) is 6.83. The minimum Gasteiger partial charge on any atom is -0.225 e. The second-order valence-electron chi connectivity index (χ2n) is 2.39. The predicted molar refractivity (Wildman–Crippen MR) is 47.7 cm³/mol. The molecule has 1 heterocycles. The van der Waals surface area contributed by atoms with Crippen LogP contribution in [0.15, 0.2) is 43.0 Å². The lowest BCUT2D eigenvalue weighted by Crippen LogP contribution is -1.94. The van der Waals surface area contributed by atoms with E-state index in [1.807, 2.05) is 30.3 Å². The quantitative estimate of drug-likeness (QED) is 0.687. The maximum atomic E-state index is 4.18. The fourth-order valence-electron chi connectivity index (χ4n) is 0.909. The standard InChI is InChI=1S/C9H7N4/c1-2-4-8(5-3-1)13-9-11-6-10-7-12-9/h1-7H. The van der Waals surface area contributed by atoms with Crippen LogP contribution in [-0.2, 0) is 0 Å². The molecule has 2 rings (SSSR count). The third-order valence-electron chi connectivity index (χ3n) is 1.47. The molecule has 13 heavy (non-hydrogen) atoms. The van der Waals surface area contributed by atoms with Crippen molar-refractivity contribution >= 4 is 11.6 Å². The van der Waals surface area contributed by atoms with E-state index in [4.69, 9.17) is 0 Å². The smallest absolute Gasteiger partial charge is 0.225 e. The molecule has 1 aromatic carbocycles. The van der Waals surface area contributed by atoms with Crippen LogP contribution >= 0.6 is 0 Å². The highest BCUT2D eigenvalue weighted by atomic mass is 15.1. The molecule has 0 aliphatic carbocycles. The SMILES string of the molecule is c1ccc([N]c2ncncn2)cc1. The van der Waals surface area contributed by atoms with E-state index in [0.717, 1.165) is 5.69 Å². The van der Waals surface area contributed by atoms with E-state index in [1.165, 1.54) is 12.7 Å². The van der Waals surface area contributed by atoms with Crippen molar-refractivity contribution in [2.75, 3.05) is 0 Å². The van der Waals surface area contributed by atoms with Gasteiger partial charge in [0.25, 0.3) is 5.95 Å². The number of benzene rings is 1. The molecule has 0 fully saturated rings. The van der Waals surface area contributed by atoms with E-state index in [0.29, 0.717) is 5.95 Å². The second kappa shape index (κ2) is 3.62. The Hall–Kier alpha value is -1.97. The van der Waals surface area contributed by atoms with E-state index in [9.17, 15) is 0 Å². The van der Waals surface area contributed by atoms with E-state index >= 15 is 0 Å². The molecule has 0 N–H and O–H groups in total. The normalized spacial score (nSPS) is 9.54. The summed E-state index contributed by atoms with van der Waals surface area (Å²) in [7, 11) is 0. The van der Waals surface area contributed by atoms with Crippen LogP contribution in [0.25, 0.3) is 0 Å². The zero-order valence-electron chi connectivity index (χ0n) is 6.83. The molecule has 1 aromatic heterocycles. The monoisotopic (exact) mass is 171 g/mol. The third-order valence-corrected chi connectivity index (χ3v) is 1.47. The Morgan fingerprint density at radius 1 is 0.923 bits per heavy atom. The number of hydrogen-bond donors (Lipinski definition) is 0. The van der Waals surface area contributed by atoms with Crippen LogP contribution < -0.4 is 5.32 Å². The van der Waals surface area contributed by atoms with Crippen molar-refractivity contribution in [3.63, 3.8) is 0 Å². The number of para-hydroxylation sites is 1. The molecule has 4 nitrogen and oxygen atoms in total. The van der Waals surface area contributed by atoms with Crippen LogP contribution in [0, 0.1) is 0 Å². The highest BCUT2D eigenvalue weighted by molar-refractivity contribution is 5.40. The van der Waals surface area contributed by atoms with Crippen LogP contribution in [0.1, 0.15) is 0 Å². The Morgan fingerprint density at radius 3 is 2.31 bits per heavy atom. The molecule has 0 amide bonds. The maximum Gasteiger partial charge on any atom is 0.252 e. The van der Waals surface area contributed by atoms with E-state index in [1.54, 1.807) is 0 Å². The average Bonchev–Trinajstić information content (AvgIpc) is 2.21. The number of aromatic nitrogens is 3. The van der Waals surface area contributed by atoms with Gasteiger partial charge in [0.1, 0.15) is 12.7 Å². The Bertz CT molecular complexity index is 322.